The molecule has 1 saturated heterocycles. The number of benzene rings is 2. The molecular weight excluding hydrogens is 346 g/mol. The van der Waals surface area contributed by atoms with Crippen molar-refractivity contribution < 1.29 is 14.2 Å². The molecule has 1 aliphatic rings. The number of thiazole rings is 1. The van der Waals surface area contributed by atoms with Gasteiger partial charge in [0.25, 0.3) is 0 Å². The molecule has 1 atom stereocenters. The van der Waals surface area contributed by atoms with Gasteiger partial charge in [-0.3, -0.25) is 0 Å². The Morgan fingerprint density at radius 1 is 1.12 bits per heavy atom. The van der Waals surface area contributed by atoms with Crippen molar-refractivity contribution in [1.82, 2.24) is 4.98 Å². The second-order valence-electron chi connectivity index (χ2n) is 6.18. The minimum absolute atomic E-state index is 0.179. The Kier molecular flexibility index (Phi) is 5.18. The molecule has 4 nitrogen and oxygen atoms in total. The van der Waals surface area contributed by atoms with Crippen molar-refractivity contribution in [2.24, 2.45) is 0 Å². The topological polar surface area (TPSA) is 40.6 Å². The Labute approximate surface area is 157 Å². The predicted molar refractivity (Wildman–Crippen MR) is 106 cm³/mol. The smallest absolute Gasteiger partial charge is 0.200 e. The Morgan fingerprint density at radius 2 is 2.04 bits per heavy atom. The van der Waals surface area contributed by atoms with Gasteiger partial charge in [0, 0.05) is 6.42 Å². The van der Waals surface area contributed by atoms with Gasteiger partial charge >= 0.3 is 0 Å². The van der Waals surface area contributed by atoms with Crippen molar-refractivity contribution in [3.05, 3.63) is 53.0 Å². The summed E-state index contributed by atoms with van der Waals surface area (Å²) in [5, 5.41) is 0.987. The second kappa shape index (κ2) is 7.89. The lowest BCUT2D eigenvalue weighted by Crippen LogP contribution is -2.25. The van der Waals surface area contributed by atoms with Crippen LogP contribution in [0, 0.1) is 0 Å². The van der Waals surface area contributed by atoms with E-state index < -0.39 is 0 Å². The molecule has 0 aliphatic carbocycles. The van der Waals surface area contributed by atoms with Gasteiger partial charge in [-0.05, 0) is 48.7 Å². The van der Waals surface area contributed by atoms with E-state index in [0.29, 0.717) is 5.75 Å². The molecule has 1 unspecified atom stereocenters. The summed E-state index contributed by atoms with van der Waals surface area (Å²) in [4.78, 5) is 4.62. The Morgan fingerprint density at radius 3 is 2.85 bits per heavy atom. The maximum Gasteiger partial charge on any atom is 0.200 e. The van der Waals surface area contributed by atoms with Gasteiger partial charge in [0.1, 0.15) is 5.01 Å². The number of hydrogen-bond donors (Lipinski definition) is 0. The van der Waals surface area contributed by atoms with Gasteiger partial charge in [0.15, 0.2) is 17.8 Å². The van der Waals surface area contributed by atoms with E-state index in [9.17, 15) is 0 Å². The van der Waals surface area contributed by atoms with E-state index >= 15 is 0 Å². The molecule has 0 bridgehead atoms. The van der Waals surface area contributed by atoms with Crippen molar-refractivity contribution in [2.75, 3.05) is 13.7 Å². The molecule has 0 N–H and O–H groups in total. The Balaban J connectivity index is 1.51. The average molecular weight is 367 g/mol. The quantitative estimate of drug-likeness (QED) is 0.607. The van der Waals surface area contributed by atoms with Crippen LogP contribution in [-0.4, -0.2) is 25.0 Å². The van der Waals surface area contributed by atoms with E-state index in [-0.39, 0.29) is 6.29 Å². The molecule has 0 spiro atoms. The van der Waals surface area contributed by atoms with E-state index in [4.69, 9.17) is 14.2 Å². The van der Waals surface area contributed by atoms with Gasteiger partial charge in [0.05, 0.1) is 23.9 Å². The molecule has 26 heavy (non-hydrogen) atoms. The van der Waals surface area contributed by atoms with Crippen LogP contribution >= 0.6 is 11.3 Å². The lowest BCUT2D eigenvalue weighted by molar-refractivity contribution is -0.106. The first-order valence-electron chi connectivity index (χ1n) is 8.82. The van der Waals surface area contributed by atoms with Crippen molar-refractivity contribution in [1.29, 1.82) is 0 Å². The molecule has 1 aromatic heterocycles. The summed E-state index contributed by atoms with van der Waals surface area (Å²) in [6.45, 7) is 0.760. The van der Waals surface area contributed by atoms with E-state index in [0.717, 1.165) is 47.7 Å². The van der Waals surface area contributed by atoms with Crippen LogP contribution in [0.4, 0.5) is 0 Å². The van der Waals surface area contributed by atoms with E-state index in [1.807, 2.05) is 48.6 Å². The summed E-state index contributed by atoms with van der Waals surface area (Å²) in [7, 11) is 1.66. The molecule has 3 aromatic rings. The fourth-order valence-electron chi connectivity index (χ4n) is 2.96. The number of ether oxygens (including phenoxy) is 3. The summed E-state index contributed by atoms with van der Waals surface area (Å²) in [6.07, 6.45) is 7.05. The van der Waals surface area contributed by atoms with Crippen LogP contribution in [-0.2, 0) is 4.74 Å². The maximum atomic E-state index is 5.95. The normalized spacial score (nSPS) is 17.7. The summed E-state index contributed by atoms with van der Waals surface area (Å²) in [5.74, 6) is 1.43. The zero-order valence-corrected chi connectivity index (χ0v) is 15.5. The van der Waals surface area contributed by atoms with Crippen LogP contribution in [0.3, 0.4) is 0 Å². The van der Waals surface area contributed by atoms with Crippen LogP contribution in [0.1, 0.15) is 29.8 Å². The van der Waals surface area contributed by atoms with Crippen LogP contribution in [0.5, 0.6) is 11.5 Å². The van der Waals surface area contributed by atoms with Crippen LogP contribution < -0.4 is 9.47 Å². The van der Waals surface area contributed by atoms with Crippen molar-refractivity contribution >= 4 is 33.7 Å². The zero-order valence-electron chi connectivity index (χ0n) is 14.7. The van der Waals surface area contributed by atoms with Gasteiger partial charge < -0.3 is 14.2 Å². The predicted octanol–water partition coefficient (Wildman–Crippen LogP) is 5.38. The number of aromatic nitrogens is 1. The first-order chi connectivity index (χ1) is 12.8. The molecular formula is C21H21NO3S. The highest BCUT2D eigenvalue weighted by molar-refractivity contribution is 7.19. The monoisotopic (exact) mass is 367 g/mol. The van der Waals surface area contributed by atoms with E-state index in [2.05, 4.69) is 11.1 Å². The molecule has 0 radical (unpaired) electrons. The zero-order chi connectivity index (χ0) is 17.8. The van der Waals surface area contributed by atoms with Crippen LogP contribution in [0.2, 0.25) is 0 Å². The van der Waals surface area contributed by atoms with Gasteiger partial charge in [-0.1, -0.05) is 24.3 Å². The summed E-state index contributed by atoms with van der Waals surface area (Å²) >= 11 is 1.68. The minimum atomic E-state index is -0.179. The molecule has 5 heteroatoms. The second-order valence-corrected chi connectivity index (χ2v) is 7.24. The lowest BCUT2D eigenvalue weighted by atomic mass is 10.2. The molecule has 0 saturated carbocycles. The lowest BCUT2D eigenvalue weighted by Gasteiger charge is -2.24. The van der Waals surface area contributed by atoms with Gasteiger partial charge in [-0.25, -0.2) is 4.98 Å². The van der Waals surface area contributed by atoms with Crippen molar-refractivity contribution in [3.8, 4) is 11.5 Å². The maximum absolute atomic E-state index is 5.95. The molecule has 2 aromatic carbocycles. The van der Waals surface area contributed by atoms with Crippen LogP contribution in [0.15, 0.2) is 42.5 Å². The third-order valence-electron chi connectivity index (χ3n) is 4.31. The fourth-order valence-corrected chi connectivity index (χ4v) is 3.83. The Bertz CT molecular complexity index is 880. The van der Waals surface area contributed by atoms with E-state index in [1.54, 1.807) is 18.4 Å². The van der Waals surface area contributed by atoms with Crippen LogP contribution in [0.25, 0.3) is 22.4 Å². The van der Waals surface area contributed by atoms with Crippen molar-refractivity contribution in [2.45, 2.75) is 25.6 Å². The van der Waals surface area contributed by atoms with Gasteiger partial charge in [-0.2, -0.15) is 0 Å². The number of rotatable bonds is 5. The van der Waals surface area contributed by atoms with E-state index in [1.165, 1.54) is 4.70 Å². The SMILES string of the molecule is COc1cc(C=Cc2nc3ccccc3s2)ccc1OC1CCCCO1. The third kappa shape index (κ3) is 3.89. The molecule has 134 valence electrons. The van der Waals surface area contributed by atoms with Gasteiger partial charge in [0.2, 0.25) is 0 Å². The number of methoxy groups -OCH3 is 1. The number of hydrogen-bond acceptors (Lipinski definition) is 5. The molecule has 2 heterocycles. The molecule has 1 fully saturated rings. The summed E-state index contributed by atoms with van der Waals surface area (Å²) in [5.41, 5.74) is 2.07. The number of fused-ring (bicyclic) bond motifs is 1. The fraction of sp³-hybridized carbons (Fsp3) is 0.286. The first kappa shape index (κ1) is 17.1. The van der Waals surface area contributed by atoms with Crippen molar-refractivity contribution in [3.63, 3.8) is 0 Å². The molecule has 0 amide bonds. The standard InChI is InChI=1S/C21H21NO3S/c1-23-18-14-15(9-11-17(18)25-21-8-4-5-13-24-21)10-12-20-22-16-6-2-3-7-19(16)26-20/h2-3,6-7,9-12,14,21H,4-5,8,13H2,1H3. The number of nitrogens with zero attached hydrogens (tertiary/aromatic N) is 1. The number of para-hydroxylation sites is 1. The highest BCUT2D eigenvalue weighted by Gasteiger charge is 2.17. The average Bonchev–Trinajstić information content (AvgIpc) is 3.11. The summed E-state index contributed by atoms with van der Waals surface area (Å²) in [6, 6.07) is 14.1. The minimum Gasteiger partial charge on any atom is -0.493 e. The highest BCUT2D eigenvalue weighted by Crippen LogP contribution is 2.31. The van der Waals surface area contributed by atoms with Gasteiger partial charge in [-0.15, -0.1) is 11.3 Å². The Hall–Kier alpha value is -2.37. The largest absolute Gasteiger partial charge is 0.493 e. The third-order valence-corrected chi connectivity index (χ3v) is 5.31. The molecule has 4 rings (SSSR count). The highest BCUT2D eigenvalue weighted by atomic mass is 32.1. The summed E-state index contributed by atoms with van der Waals surface area (Å²) < 4.78 is 18.3. The first-order valence-corrected chi connectivity index (χ1v) is 9.63. The molecule has 1 aliphatic heterocycles.